The molecular formula is C18H13FN2O. The van der Waals surface area contributed by atoms with Gasteiger partial charge in [-0.3, -0.25) is 9.78 Å². The number of anilines is 1. The summed E-state index contributed by atoms with van der Waals surface area (Å²) in [6.45, 7) is 0. The average Bonchev–Trinajstić information content (AvgIpc) is 2.56. The highest BCUT2D eigenvalue weighted by atomic mass is 19.1. The van der Waals surface area contributed by atoms with E-state index < -0.39 is 5.82 Å². The van der Waals surface area contributed by atoms with Crippen LogP contribution in [0.15, 0.2) is 73.1 Å². The highest BCUT2D eigenvalue weighted by molar-refractivity contribution is 6.04. The lowest BCUT2D eigenvalue weighted by Crippen LogP contribution is -2.12. The van der Waals surface area contributed by atoms with Crippen LogP contribution in [0.3, 0.4) is 0 Å². The van der Waals surface area contributed by atoms with Crippen molar-refractivity contribution in [1.82, 2.24) is 4.98 Å². The third-order valence-electron chi connectivity index (χ3n) is 3.19. The number of nitrogens with zero attached hydrogens (tertiary/aromatic N) is 1. The van der Waals surface area contributed by atoms with E-state index in [0.29, 0.717) is 11.3 Å². The zero-order valence-electron chi connectivity index (χ0n) is 11.7. The summed E-state index contributed by atoms with van der Waals surface area (Å²) in [6, 6.07) is 18.3. The first-order chi connectivity index (χ1) is 10.7. The molecule has 0 aliphatic carbocycles. The molecule has 0 unspecified atom stereocenters. The van der Waals surface area contributed by atoms with Crippen LogP contribution in [-0.4, -0.2) is 10.9 Å². The van der Waals surface area contributed by atoms with Crippen LogP contribution < -0.4 is 5.32 Å². The predicted molar refractivity (Wildman–Crippen MR) is 84.0 cm³/mol. The van der Waals surface area contributed by atoms with Gasteiger partial charge >= 0.3 is 0 Å². The molecule has 0 atom stereocenters. The molecule has 108 valence electrons. The molecule has 4 heteroatoms. The number of halogens is 1. The van der Waals surface area contributed by atoms with Gasteiger partial charge in [-0.15, -0.1) is 0 Å². The van der Waals surface area contributed by atoms with Gasteiger partial charge < -0.3 is 5.32 Å². The Bertz CT molecular complexity index is 803. The molecule has 1 N–H and O–H groups in total. The average molecular weight is 292 g/mol. The Kier molecular flexibility index (Phi) is 3.92. The van der Waals surface area contributed by atoms with Gasteiger partial charge in [0.25, 0.3) is 5.91 Å². The van der Waals surface area contributed by atoms with Crippen LogP contribution in [0.5, 0.6) is 0 Å². The topological polar surface area (TPSA) is 42.0 Å². The first-order valence-electron chi connectivity index (χ1n) is 6.80. The Labute approximate surface area is 127 Å². The second-order valence-corrected chi connectivity index (χ2v) is 4.79. The third-order valence-corrected chi connectivity index (χ3v) is 3.19. The number of hydrogen-bond donors (Lipinski definition) is 1. The van der Waals surface area contributed by atoms with Crippen molar-refractivity contribution in [2.75, 3.05) is 5.32 Å². The molecule has 3 rings (SSSR count). The largest absolute Gasteiger partial charge is 0.320 e. The summed E-state index contributed by atoms with van der Waals surface area (Å²) in [6.07, 6.45) is 2.49. The lowest BCUT2D eigenvalue weighted by Gasteiger charge is -2.07. The van der Waals surface area contributed by atoms with Crippen molar-refractivity contribution in [3.05, 3.63) is 84.4 Å². The molecule has 0 saturated heterocycles. The molecule has 0 fully saturated rings. The van der Waals surface area contributed by atoms with Gasteiger partial charge in [-0.1, -0.05) is 42.5 Å². The Morgan fingerprint density at radius 1 is 0.909 bits per heavy atom. The number of hydrogen-bond acceptors (Lipinski definition) is 2. The second kappa shape index (κ2) is 6.18. The van der Waals surface area contributed by atoms with Gasteiger partial charge in [0.15, 0.2) is 0 Å². The Morgan fingerprint density at radius 3 is 2.45 bits per heavy atom. The standard InChI is InChI=1S/C18H13FN2O/c19-16-10-17(12-20-11-16)21-18(22)15-8-4-7-14(9-15)13-5-2-1-3-6-13/h1-12H,(H,21,22). The van der Waals surface area contributed by atoms with E-state index in [4.69, 9.17) is 0 Å². The molecule has 1 heterocycles. The van der Waals surface area contributed by atoms with Crippen molar-refractivity contribution < 1.29 is 9.18 Å². The molecule has 0 radical (unpaired) electrons. The molecule has 0 aliphatic heterocycles. The van der Waals surface area contributed by atoms with E-state index in [2.05, 4.69) is 10.3 Å². The predicted octanol–water partition coefficient (Wildman–Crippen LogP) is 4.14. The molecular weight excluding hydrogens is 279 g/mol. The van der Waals surface area contributed by atoms with Crippen LogP contribution >= 0.6 is 0 Å². The van der Waals surface area contributed by atoms with Crippen molar-refractivity contribution in [2.45, 2.75) is 0 Å². The van der Waals surface area contributed by atoms with E-state index in [0.717, 1.165) is 17.3 Å². The summed E-state index contributed by atoms with van der Waals surface area (Å²) in [5, 5.41) is 2.64. The Morgan fingerprint density at radius 2 is 1.68 bits per heavy atom. The number of amides is 1. The van der Waals surface area contributed by atoms with Gasteiger partial charge in [0.1, 0.15) is 5.82 Å². The zero-order valence-corrected chi connectivity index (χ0v) is 11.7. The van der Waals surface area contributed by atoms with Crippen LogP contribution in [-0.2, 0) is 0 Å². The van der Waals surface area contributed by atoms with Crippen LogP contribution in [0.2, 0.25) is 0 Å². The summed E-state index contributed by atoms with van der Waals surface area (Å²) >= 11 is 0. The lowest BCUT2D eigenvalue weighted by atomic mass is 10.0. The molecule has 0 saturated carbocycles. The minimum atomic E-state index is -0.490. The van der Waals surface area contributed by atoms with E-state index >= 15 is 0 Å². The number of rotatable bonds is 3. The SMILES string of the molecule is O=C(Nc1cncc(F)c1)c1cccc(-c2ccccc2)c1. The minimum Gasteiger partial charge on any atom is -0.320 e. The maximum Gasteiger partial charge on any atom is 0.255 e. The van der Waals surface area contributed by atoms with E-state index in [1.165, 1.54) is 12.3 Å². The van der Waals surface area contributed by atoms with Gasteiger partial charge in [0, 0.05) is 11.6 Å². The van der Waals surface area contributed by atoms with Crippen LogP contribution in [0.4, 0.5) is 10.1 Å². The van der Waals surface area contributed by atoms with Gasteiger partial charge in [-0.05, 0) is 23.3 Å². The Hall–Kier alpha value is -3.01. The number of benzene rings is 2. The van der Waals surface area contributed by atoms with E-state index in [1.54, 1.807) is 12.1 Å². The molecule has 3 nitrogen and oxygen atoms in total. The highest BCUT2D eigenvalue weighted by Crippen LogP contribution is 2.20. The second-order valence-electron chi connectivity index (χ2n) is 4.79. The molecule has 0 bridgehead atoms. The molecule has 1 amide bonds. The number of aromatic nitrogens is 1. The smallest absolute Gasteiger partial charge is 0.255 e. The first-order valence-corrected chi connectivity index (χ1v) is 6.80. The summed E-state index contributed by atoms with van der Waals surface area (Å²) in [7, 11) is 0. The minimum absolute atomic E-state index is 0.301. The fourth-order valence-corrected chi connectivity index (χ4v) is 2.15. The summed E-state index contributed by atoms with van der Waals surface area (Å²) in [5.41, 5.74) is 2.82. The lowest BCUT2D eigenvalue weighted by molar-refractivity contribution is 0.102. The molecule has 1 aromatic heterocycles. The molecule has 0 aliphatic rings. The Balaban J connectivity index is 1.84. The quantitative estimate of drug-likeness (QED) is 0.788. The van der Waals surface area contributed by atoms with Gasteiger partial charge in [-0.25, -0.2) is 4.39 Å². The van der Waals surface area contributed by atoms with Crippen molar-refractivity contribution in [2.24, 2.45) is 0 Å². The monoisotopic (exact) mass is 292 g/mol. The summed E-state index contributed by atoms with van der Waals surface area (Å²) in [4.78, 5) is 16.0. The van der Waals surface area contributed by atoms with E-state index in [1.807, 2.05) is 42.5 Å². The fraction of sp³-hybridized carbons (Fsp3) is 0. The van der Waals surface area contributed by atoms with Gasteiger partial charge in [0.2, 0.25) is 0 Å². The number of nitrogens with one attached hydrogen (secondary N) is 1. The fourth-order valence-electron chi connectivity index (χ4n) is 2.15. The summed E-state index contributed by atoms with van der Waals surface area (Å²) in [5.74, 6) is -0.791. The first kappa shape index (κ1) is 13.9. The van der Waals surface area contributed by atoms with Gasteiger partial charge in [0.05, 0.1) is 18.1 Å². The number of carbonyl (C=O) groups is 1. The normalized spacial score (nSPS) is 10.2. The maximum atomic E-state index is 13.1. The number of pyridine rings is 1. The van der Waals surface area contributed by atoms with E-state index in [9.17, 15) is 9.18 Å². The van der Waals surface area contributed by atoms with Crippen LogP contribution in [0.1, 0.15) is 10.4 Å². The molecule has 22 heavy (non-hydrogen) atoms. The number of carbonyl (C=O) groups excluding carboxylic acids is 1. The third kappa shape index (κ3) is 3.17. The van der Waals surface area contributed by atoms with Crippen molar-refractivity contribution in [3.63, 3.8) is 0 Å². The van der Waals surface area contributed by atoms with Crippen molar-refractivity contribution >= 4 is 11.6 Å². The van der Waals surface area contributed by atoms with E-state index in [-0.39, 0.29) is 5.91 Å². The molecule has 2 aromatic carbocycles. The molecule has 3 aromatic rings. The maximum absolute atomic E-state index is 13.1. The van der Waals surface area contributed by atoms with Crippen molar-refractivity contribution in [3.8, 4) is 11.1 Å². The highest BCUT2D eigenvalue weighted by Gasteiger charge is 2.08. The van der Waals surface area contributed by atoms with Crippen LogP contribution in [0.25, 0.3) is 11.1 Å². The van der Waals surface area contributed by atoms with Gasteiger partial charge in [-0.2, -0.15) is 0 Å². The summed E-state index contributed by atoms with van der Waals surface area (Å²) < 4.78 is 13.1. The van der Waals surface area contributed by atoms with Crippen LogP contribution in [0, 0.1) is 5.82 Å². The molecule has 0 spiro atoms. The van der Waals surface area contributed by atoms with Crippen molar-refractivity contribution in [1.29, 1.82) is 0 Å². The zero-order chi connectivity index (χ0) is 15.4.